The Bertz CT molecular complexity index is 593. The van der Waals surface area contributed by atoms with Crippen LogP contribution in [-0.4, -0.2) is 40.9 Å². The average Bonchev–Trinajstić information content (AvgIpc) is 3.30. The van der Waals surface area contributed by atoms with E-state index in [-0.39, 0.29) is 24.4 Å². The Kier molecular flexibility index (Phi) is 6.11. The predicted molar refractivity (Wildman–Crippen MR) is 104 cm³/mol. The zero-order valence-corrected chi connectivity index (χ0v) is 17.1. The molecule has 1 heterocycles. The van der Waals surface area contributed by atoms with E-state index in [4.69, 9.17) is 0 Å². The standard InChI is InChI=1S/C21H35N3O3/c1-4-5-6-7-10-21(3)19(26)24(20(27)23-21)13-18(25)22-14(2)17-12-15-8-9-16(17)11-15/h14-17H,4-13H2,1-3H3,(H,22,25)(H,23,27). The summed E-state index contributed by atoms with van der Waals surface area (Å²) < 4.78 is 0. The number of fused-ring (bicyclic) bond motifs is 2. The summed E-state index contributed by atoms with van der Waals surface area (Å²) in [5, 5.41) is 5.85. The Labute approximate surface area is 162 Å². The van der Waals surface area contributed by atoms with Crippen LogP contribution in [0, 0.1) is 17.8 Å². The summed E-state index contributed by atoms with van der Waals surface area (Å²) in [6.07, 6.45) is 9.94. The number of amides is 4. The van der Waals surface area contributed by atoms with E-state index in [9.17, 15) is 14.4 Å². The summed E-state index contributed by atoms with van der Waals surface area (Å²) in [5.41, 5.74) is -0.874. The third-order valence-corrected chi connectivity index (χ3v) is 7.00. The van der Waals surface area contributed by atoms with Crippen molar-refractivity contribution in [1.29, 1.82) is 0 Å². The van der Waals surface area contributed by atoms with Crippen LogP contribution in [0.2, 0.25) is 0 Å². The van der Waals surface area contributed by atoms with E-state index in [1.165, 1.54) is 25.7 Å². The number of imide groups is 1. The smallest absolute Gasteiger partial charge is 0.325 e. The summed E-state index contributed by atoms with van der Waals surface area (Å²) in [5.74, 6) is 1.60. The molecule has 27 heavy (non-hydrogen) atoms. The number of carbonyl (C=O) groups excluding carboxylic acids is 3. The lowest BCUT2D eigenvalue weighted by Crippen LogP contribution is -2.47. The van der Waals surface area contributed by atoms with Crippen LogP contribution >= 0.6 is 0 Å². The van der Waals surface area contributed by atoms with Gasteiger partial charge in [0.25, 0.3) is 5.91 Å². The molecule has 0 aromatic carbocycles. The van der Waals surface area contributed by atoms with E-state index in [0.717, 1.165) is 42.4 Å². The van der Waals surface area contributed by atoms with Crippen molar-refractivity contribution in [1.82, 2.24) is 15.5 Å². The van der Waals surface area contributed by atoms with Crippen molar-refractivity contribution in [3.05, 3.63) is 0 Å². The molecule has 2 N–H and O–H groups in total. The molecule has 6 heteroatoms. The first-order valence-corrected chi connectivity index (χ1v) is 10.8. The van der Waals surface area contributed by atoms with Crippen molar-refractivity contribution in [3.8, 4) is 0 Å². The quantitative estimate of drug-likeness (QED) is 0.478. The predicted octanol–water partition coefficient (Wildman–Crippen LogP) is 3.21. The van der Waals surface area contributed by atoms with Crippen molar-refractivity contribution >= 4 is 17.8 Å². The molecule has 2 aliphatic carbocycles. The minimum absolute atomic E-state index is 0.106. The van der Waals surface area contributed by atoms with E-state index in [1.54, 1.807) is 6.92 Å². The minimum Gasteiger partial charge on any atom is -0.352 e. The molecular formula is C21H35N3O3. The van der Waals surface area contributed by atoms with E-state index in [0.29, 0.717) is 12.3 Å². The molecule has 152 valence electrons. The van der Waals surface area contributed by atoms with Gasteiger partial charge in [-0.25, -0.2) is 4.79 Å². The van der Waals surface area contributed by atoms with Crippen LogP contribution in [0.4, 0.5) is 4.79 Å². The van der Waals surface area contributed by atoms with Gasteiger partial charge in [0.15, 0.2) is 0 Å². The maximum atomic E-state index is 12.7. The second-order valence-electron chi connectivity index (χ2n) is 9.16. The van der Waals surface area contributed by atoms with Gasteiger partial charge in [-0.15, -0.1) is 0 Å². The highest BCUT2D eigenvalue weighted by Gasteiger charge is 2.48. The molecule has 1 aliphatic heterocycles. The van der Waals surface area contributed by atoms with Gasteiger partial charge in [-0.1, -0.05) is 39.0 Å². The SMILES string of the molecule is CCCCCCC1(C)NC(=O)N(CC(=O)NC(C)C2CC3CCC2C3)C1=O. The highest BCUT2D eigenvalue weighted by molar-refractivity contribution is 6.08. The lowest BCUT2D eigenvalue weighted by molar-refractivity contribution is -0.135. The maximum absolute atomic E-state index is 12.7. The molecule has 3 aliphatic rings. The number of hydrogen-bond donors (Lipinski definition) is 2. The fraction of sp³-hybridized carbons (Fsp3) is 0.857. The van der Waals surface area contributed by atoms with Gasteiger partial charge in [0.2, 0.25) is 5.91 Å². The van der Waals surface area contributed by atoms with E-state index >= 15 is 0 Å². The summed E-state index contributed by atoms with van der Waals surface area (Å²) >= 11 is 0. The van der Waals surface area contributed by atoms with Crippen LogP contribution in [-0.2, 0) is 9.59 Å². The van der Waals surface area contributed by atoms with Crippen LogP contribution in [0.1, 0.15) is 78.6 Å². The highest BCUT2D eigenvalue weighted by Crippen LogP contribution is 2.49. The van der Waals surface area contributed by atoms with E-state index in [1.807, 2.05) is 0 Å². The van der Waals surface area contributed by atoms with Gasteiger partial charge in [0.1, 0.15) is 12.1 Å². The summed E-state index contributed by atoms with van der Waals surface area (Å²) in [4.78, 5) is 38.6. The third-order valence-electron chi connectivity index (χ3n) is 7.00. The lowest BCUT2D eigenvalue weighted by atomic mass is 9.84. The Morgan fingerprint density at radius 2 is 2.04 bits per heavy atom. The number of hydrogen-bond acceptors (Lipinski definition) is 3. The van der Waals surface area contributed by atoms with Crippen LogP contribution in [0.5, 0.6) is 0 Å². The first-order valence-electron chi connectivity index (χ1n) is 10.8. The zero-order chi connectivity index (χ0) is 19.6. The Morgan fingerprint density at radius 1 is 1.26 bits per heavy atom. The summed E-state index contributed by atoms with van der Waals surface area (Å²) in [7, 11) is 0. The molecule has 2 bridgehead atoms. The molecule has 5 atom stereocenters. The van der Waals surface area contributed by atoms with Crippen LogP contribution < -0.4 is 10.6 Å². The molecule has 0 aromatic rings. The molecule has 0 radical (unpaired) electrons. The highest BCUT2D eigenvalue weighted by atomic mass is 16.2. The number of unbranched alkanes of at least 4 members (excludes halogenated alkanes) is 3. The molecule has 3 fully saturated rings. The fourth-order valence-corrected chi connectivity index (χ4v) is 5.42. The maximum Gasteiger partial charge on any atom is 0.325 e. The molecular weight excluding hydrogens is 342 g/mol. The summed E-state index contributed by atoms with van der Waals surface area (Å²) in [6, 6.07) is -0.338. The molecule has 5 unspecified atom stereocenters. The first-order chi connectivity index (χ1) is 12.8. The first kappa shape index (κ1) is 20.2. The largest absolute Gasteiger partial charge is 0.352 e. The Hall–Kier alpha value is -1.59. The van der Waals surface area contributed by atoms with Crippen LogP contribution in [0.25, 0.3) is 0 Å². The molecule has 0 aromatic heterocycles. The zero-order valence-electron chi connectivity index (χ0n) is 17.1. The Morgan fingerprint density at radius 3 is 2.67 bits per heavy atom. The van der Waals surface area contributed by atoms with Crippen molar-refractivity contribution in [2.45, 2.75) is 90.1 Å². The van der Waals surface area contributed by atoms with Crippen molar-refractivity contribution in [2.75, 3.05) is 6.54 Å². The molecule has 3 rings (SSSR count). The molecule has 0 spiro atoms. The van der Waals surface area contributed by atoms with Gasteiger partial charge >= 0.3 is 6.03 Å². The van der Waals surface area contributed by atoms with Gasteiger partial charge in [0, 0.05) is 6.04 Å². The Balaban J connectivity index is 1.49. The second kappa shape index (κ2) is 8.19. The van der Waals surface area contributed by atoms with Crippen molar-refractivity contribution in [3.63, 3.8) is 0 Å². The molecule has 6 nitrogen and oxygen atoms in total. The van der Waals surface area contributed by atoms with E-state index in [2.05, 4.69) is 24.5 Å². The number of urea groups is 1. The van der Waals surface area contributed by atoms with Gasteiger partial charge in [0.05, 0.1) is 0 Å². The van der Waals surface area contributed by atoms with Gasteiger partial charge < -0.3 is 10.6 Å². The normalized spacial score (nSPS) is 33.4. The topological polar surface area (TPSA) is 78.5 Å². The fourth-order valence-electron chi connectivity index (χ4n) is 5.42. The number of nitrogens with one attached hydrogen (secondary N) is 2. The van der Waals surface area contributed by atoms with Gasteiger partial charge in [-0.3, -0.25) is 14.5 Å². The van der Waals surface area contributed by atoms with Gasteiger partial charge in [-0.2, -0.15) is 0 Å². The second-order valence-corrected chi connectivity index (χ2v) is 9.16. The number of nitrogens with zero attached hydrogens (tertiary/aromatic N) is 1. The summed E-state index contributed by atoms with van der Waals surface area (Å²) in [6.45, 7) is 5.80. The minimum atomic E-state index is -0.874. The van der Waals surface area contributed by atoms with Crippen LogP contribution in [0.3, 0.4) is 0 Å². The van der Waals surface area contributed by atoms with Crippen LogP contribution in [0.15, 0.2) is 0 Å². The average molecular weight is 378 g/mol. The molecule has 1 saturated heterocycles. The molecule has 4 amide bonds. The molecule has 2 saturated carbocycles. The third kappa shape index (κ3) is 4.30. The van der Waals surface area contributed by atoms with Crippen molar-refractivity contribution in [2.24, 2.45) is 17.8 Å². The number of carbonyl (C=O) groups is 3. The number of rotatable bonds is 9. The monoisotopic (exact) mass is 377 g/mol. The van der Waals surface area contributed by atoms with E-state index < -0.39 is 11.6 Å². The van der Waals surface area contributed by atoms with Gasteiger partial charge in [-0.05, 0) is 57.3 Å². The van der Waals surface area contributed by atoms with Crippen molar-refractivity contribution < 1.29 is 14.4 Å². The lowest BCUT2D eigenvalue weighted by Gasteiger charge is -2.29.